The Balaban J connectivity index is 1.73. The number of nitrogens with one attached hydrogen (secondary N) is 2. The van der Waals surface area contributed by atoms with Gasteiger partial charge in [-0.25, -0.2) is 0 Å². The third-order valence-corrected chi connectivity index (χ3v) is 4.68. The Hall–Kier alpha value is -3.14. The number of aromatic nitrogens is 4. The standard InChI is InChI=1S/C18H17BrN6O3/c1-3-27-12-7-5-4-6-11(12)21-17(26)15-10(2)20-18-22-23-24-25(18)16(15)13-8-9-14(19)28-13/h4-9,16H,3H2,1-2H3,(H,21,26)(H,20,22,24). The number of tetrazole rings is 1. The number of hydrogen-bond donors (Lipinski definition) is 2. The number of hydrogen-bond acceptors (Lipinski definition) is 7. The number of rotatable bonds is 5. The Morgan fingerprint density at radius 3 is 2.93 bits per heavy atom. The lowest BCUT2D eigenvalue weighted by molar-refractivity contribution is -0.113. The molecule has 28 heavy (non-hydrogen) atoms. The smallest absolute Gasteiger partial charge is 0.256 e. The molecule has 0 spiro atoms. The van der Waals surface area contributed by atoms with Crippen molar-refractivity contribution in [2.45, 2.75) is 19.9 Å². The molecule has 4 rings (SSSR count). The molecule has 1 atom stereocenters. The molecule has 0 aliphatic carbocycles. The SMILES string of the molecule is CCOc1ccccc1NC(=O)C1=C(C)Nc2nnnn2C1c1ccc(Br)o1. The van der Waals surface area contributed by atoms with Gasteiger partial charge in [-0.05, 0) is 64.5 Å². The zero-order chi connectivity index (χ0) is 19.7. The van der Waals surface area contributed by atoms with Gasteiger partial charge in [0, 0.05) is 5.70 Å². The number of benzene rings is 1. The summed E-state index contributed by atoms with van der Waals surface area (Å²) in [7, 11) is 0. The summed E-state index contributed by atoms with van der Waals surface area (Å²) in [5, 5.41) is 17.7. The van der Waals surface area contributed by atoms with Crippen molar-refractivity contribution in [1.82, 2.24) is 20.2 Å². The second kappa shape index (κ2) is 7.47. The average molecular weight is 445 g/mol. The number of anilines is 2. The van der Waals surface area contributed by atoms with Gasteiger partial charge in [0.25, 0.3) is 5.91 Å². The van der Waals surface area contributed by atoms with Gasteiger partial charge in [-0.15, -0.1) is 0 Å². The first-order chi connectivity index (χ1) is 13.6. The van der Waals surface area contributed by atoms with Gasteiger partial charge in [-0.3, -0.25) is 4.79 Å². The maximum absolute atomic E-state index is 13.3. The minimum absolute atomic E-state index is 0.309. The van der Waals surface area contributed by atoms with Crippen LogP contribution in [-0.4, -0.2) is 32.7 Å². The Labute approximate surface area is 168 Å². The van der Waals surface area contributed by atoms with Crippen molar-refractivity contribution in [3.8, 4) is 5.75 Å². The van der Waals surface area contributed by atoms with Crippen LogP contribution in [0.25, 0.3) is 0 Å². The van der Waals surface area contributed by atoms with E-state index in [1.807, 2.05) is 19.1 Å². The predicted molar refractivity (Wildman–Crippen MR) is 105 cm³/mol. The zero-order valence-electron chi connectivity index (χ0n) is 15.1. The molecule has 1 aromatic carbocycles. The Morgan fingerprint density at radius 1 is 1.36 bits per heavy atom. The lowest BCUT2D eigenvalue weighted by Gasteiger charge is -2.26. The maximum Gasteiger partial charge on any atom is 0.256 e. The van der Waals surface area contributed by atoms with Crippen molar-refractivity contribution in [3.63, 3.8) is 0 Å². The lowest BCUT2D eigenvalue weighted by Crippen LogP contribution is -2.31. The molecule has 2 aromatic heterocycles. The zero-order valence-corrected chi connectivity index (χ0v) is 16.7. The third-order valence-electron chi connectivity index (χ3n) is 4.26. The first-order valence-electron chi connectivity index (χ1n) is 8.62. The summed E-state index contributed by atoms with van der Waals surface area (Å²) in [6, 6.07) is 10.2. The van der Waals surface area contributed by atoms with Crippen LogP contribution in [0.2, 0.25) is 0 Å². The van der Waals surface area contributed by atoms with Crippen molar-refractivity contribution in [1.29, 1.82) is 0 Å². The number of carbonyl (C=O) groups excluding carboxylic acids is 1. The van der Waals surface area contributed by atoms with Crippen molar-refractivity contribution in [2.75, 3.05) is 17.2 Å². The van der Waals surface area contributed by atoms with Gasteiger partial charge in [0.1, 0.15) is 17.6 Å². The molecule has 0 saturated heterocycles. The molecule has 0 radical (unpaired) electrons. The number of halogens is 1. The van der Waals surface area contributed by atoms with Crippen LogP contribution in [0.3, 0.4) is 0 Å². The third kappa shape index (κ3) is 3.26. The number of para-hydroxylation sites is 2. The number of ether oxygens (including phenoxy) is 1. The predicted octanol–water partition coefficient (Wildman–Crippen LogP) is 3.35. The van der Waals surface area contributed by atoms with E-state index >= 15 is 0 Å². The van der Waals surface area contributed by atoms with Crippen LogP contribution in [0.5, 0.6) is 5.75 Å². The van der Waals surface area contributed by atoms with Crippen LogP contribution in [0, 0.1) is 0 Å². The van der Waals surface area contributed by atoms with Crippen LogP contribution < -0.4 is 15.4 Å². The molecular formula is C18H17BrN6O3. The van der Waals surface area contributed by atoms with Gasteiger partial charge in [0.05, 0.1) is 17.9 Å². The fraction of sp³-hybridized carbons (Fsp3) is 0.222. The van der Waals surface area contributed by atoms with Crippen LogP contribution in [0.1, 0.15) is 25.6 Å². The van der Waals surface area contributed by atoms with Gasteiger partial charge in [-0.1, -0.05) is 17.2 Å². The minimum atomic E-state index is -0.614. The van der Waals surface area contributed by atoms with Crippen LogP contribution in [-0.2, 0) is 4.79 Å². The van der Waals surface area contributed by atoms with E-state index in [-0.39, 0.29) is 5.91 Å². The van der Waals surface area contributed by atoms with Crippen LogP contribution >= 0.6 is 15.9 Å². The number of amides is 1. The minimum Gasteiger partial charge on any atom is -0.492 e. The lowest BCUT2D eigenvalue weighted by atomic mass is 10.00. The summed E-state index contributed by atoms with van der Waals surface area (Å²) in [4.78, 5) is 13.3. The van der Waals surface area contributed by atoms with Crippen molar-refractivity contribution in [3.05, 3.63) is 58.1 Å². The normalized spacial score (nSPS) is 15.8. The van der Waals surface area contributed by atoms with Crippen LogP contribution in [0.4, 0.5) is 11.6 Å². The molecule has 0 bridgehead atoms. The topological polar surface area (TPSA) is 107 Å². The summed E-state index contributed by atoms with van der Waals surface area (Å²) in [6.45, 7) is 4.18. The molecule has 0 fully saturated rings. The molecule has 3 aromatic rings. The molecule has 1 aliphatic heterocycles. The van der Waals surface area contributed by atoms with Gasteiger partial charge < -0.3 is 19.8 Å². The number of allylic oxidation sites excluding steroid dienone is 1. The molecule has 1 amide bonds. The van der Waals surface area contributed by atoms with E-state index in [1.54, 1.807) is 31.2 Å². The van der Waals surface area contributed by atoms with Gasteiger partial charge >= 0.3 is 0 Å². The largest absolute Gasteiger partial charge is 0.492 e. The second-order valence-corrected chi connectivity index (χ2v) is 6.82. The molecule has 1 aliphatic rings. The first kappa shape index (κ1) is 18.2. The van der Waals surface area contributed by atoms with Crippen molar-refractivity contribution >= 4 is 33.5 Å². The summed E-state index contributed by atoms with van der Waals surface area (Å²) in [6.07, 6.45) is 0. The van der Waals surface area contributed by atoms with Crippen molar-refractivity contribution < 1.29 is 13.9 Å². The van der Waals surface area contributed by atoms with E-state index in [9.17, 15) is 4.79 Å². The molecule has 9 nitrogen and oxygen atoms in total. The Kier molecular flexibility index (Phi) is 4.86. The van der Waals surface area contributed by atoms with Gasteiger partial charge in [-0.2, -0.15) is 4.68 Å². The highest BCUT2D eigenvalue weighted by Crippen LogP contribution is 2.37. The fourth-order valence-electron chi connectivity index (χ4n) is 3.09. The molecule has 1 unspecified atom stereocenters. The summed E-state index contributed by atoms with van der Waals surface area (Å²) < 4.78 is 13.4. The molecule has 10 heteroatoms. The summed E-state index contributed by atoms with van der Waals surface area (Å²) in [5.41, 5.74) is 1.65. The van der Waals surface area contributed by atoms with E-state index in [0.29, 0.717) is 45.7 Å². The van der Waals surface area contributed by atoms with E-state index < -0.39 is 6.04 Å². The highest BCUT2D eigenvalue weighted by atomic mass is 79.9. The molecule has 2 N–H and O–H groups in total. The van der Waals surface area contributed by atoms with Gasteiger partial charge in [0.2, 0.25) is 5.95 Å². The first-order valence-corrected chi connectivity index (χ1v) is 9.42. The molecule has 0 saturated carbocycles. The quantitative estimate of drug-likeness (QED) is 0.620. The Bertz CT molecular complexity index is 1060. The summed E-state index contributed by atoms with van der Waals surface area (Å²) in [5.74, 6) is 1.25. The monoisotopic (exact) mass is 444 g/mol. The number of fused-ring (bicyclic) bond motifs is 1. The number of nitrogens with zero attached hydrogens (tertiary/aromatic N) is 4. The molecular weight excluding hydrogens is 428 g/mol. The van der Waals surface area contributed by atoms with E-state index in [1.165, 1.54) is 4.68 Å². The highest BCUT2D eigenvalue weighted by Gasteiger charge is 2.36. The van der Waals surface area contributed by atoms with Crippen molar-refractivity contribution in [2.24, 2.45) is 0 Å². The van der Waals surface area contributed by atoms with Crippen LogP contribution in [0.15, 0.2) is 56.8 Å². The Morgan fingerprint density at radius 2 is 2.18 bits per heavy atom. The number of carbonyl (C=O) groups is 1. The molecule has 3 heterocycles. The second-order valence-electron chi connectivity index (χ2n) is 6.04. The van der Waals surface area contributed by atoms with E-state index in [4.69, 9.17) is 9.15 Å². The maximum atomic E-state index is 13.3. The number of furan rings is 1. The van der Waals surface area contributed by atoms with Gasteiger partial charge in [0.15, 0.2) is 4.67 Å². The fourth-order valence-corrected chi connectivity index (χ4v) is 3.40. The molecule has 144 valence electrons. The summed E-state index contributed by atoms with van der Waals surface area (Å²) >= 11 is 3.31. The average Bonchev–Trinajstić information content (AvgIpc) is 3.31. The van der Waals surface area contributed by atoms with E-state index in [2.05, 4.69) is 42.1 Å². The highest BCUT2D eigenvalue weighted by molar-refractivity contribution is 9.10. The van der Waals surface area contributed by atoms with E-state index in [0.717, 1.165) is 0 Å².